The molecule has 0 bridgehead atoms. The molecule has 2 saturated heterocycles. The lowest BCUT2D eigenvalue weighted by Gasteiger charge is -2.42. The molecule has 2 aliphatic rings. The van der Waals surface area contributed by atoms with Crippen LogP contribution >= 0.6 is 11.3 Å². The fraction of sp³-hybridized carbons (Fsp3) is 0.440. The van der Waals surface area contributed by atoms with Gasteiger partial charge in [-0.25, -0.2) is 14.1 Å². The van der Waals surface area contributed by atoms with Crippen LogP contribution in [0, 0.1) is 12.3 Å². The largest absolute Gasteiger partial charge is 0.489 e. The van der Waals surface area contributed by atoms with Crippen LogP contribution in [-0.2, 0) is 29.5 Å². The third-order valence-electron chi connectivity index (χ3n) is 6.86. The number of amides is 2. The molecule has 3 heterocycles. The standard InChI is InChI=1S/C25H32N8O9S2/c1-12-18(23(35)33(12)44(38,39)40)30-22(34)20(19-13(2)43-25(27)31-19)32-42-17(24(36)37)11-41-16-7-5-14(6-8-16)21(26)29-15-4-3-9-28-10-15/h5-8,12,15,17-18,28H,3-4,9-11H2,1-2H3,(H2,26,29)(H2,27,31)(H,30,34)(H,36,37)(H,38,39,40)/b32-20-/t12-,15+,17-,18-/m0/s1. The molecule has 4 atom stereocenters. The van der Waals surface area contributed by atoms with Crippen molar-refractivity contribution in [2.24, 2.45) is 5.16 Å². The van der Waals surface area contributed by atoms with Gasteiger partial charge in [0.1, 0.15) is 29.9 Å². The van der Waals surface area contributed by atoms with Crippen molar-refractivity contribution in [3.63, 3.8) is 0 Å². The first-order valence-corrected chi connectivity index (χ1v) is 15.6. The van der Waals surface area contributed by atoms with Crippen LogP contribution in [0.4, 0.5) is 5.13 Å². The summed E-state index contributed by atoms with van der Waals surface area (Å²) in [6, 6.07) is 4.16. The second kappa shape index (κ2) is 13.5. The number of nitrogens with two attached hydrogens (primary N) is 1. The van der Waals surface area contributed by atoms with Gasteiger partial charge in [-0.05, 0) is 57.5 Å². The molecule has 0 saturated carbocycles. The van der Waals surface area contributed by atoms with E-state index in [0.29, 0.717) is 16.2 Å². The van der Waals surface area contributed by atoms with E-state index >= 15 is 0 Å². The molecule has 8 N–H and O–H groups in total. The molecule has 19 heteroatoms. The first-order chi connectivity index (χ1) is 20.8. The van der Waals surface area contributed by atoms with Crippen LogP contribution in [0.25, 0.3) is 0 Å². The highest BCUT2D eigenvalue weighted by Gasteiger charge is 2.51. The summed E-state index contributed by atoms with van der Waals surface area (Å²) in [5.41, 5.74) is 5.80. The smallest absolute Gasteiger partial charge is 0.362 e. The van der Waals surface area contributed by atoms with Crippen molar-refractivity contribution in [2.45, 2.75) is 50.9 Å². The summed E-state index contributed by atoms with van der Waals surface area (Å²) in [5, 5.41) is 30.5. The lowest BCUT2D eigenvalue weighted by molar-refractivity contribution is -0.152. The first kappa shape index (κ1) is 32.6. The number of carbonyl (C=O) groups excluding carboxylic acids is 2. The number of rotatable bonds is 12. The van der Waals surface area contributed by atoms with Crippen LogP contribution in [0.5, 0.6) is 5.75 Å². The summed E-state index contributed by atoms with van der Waals surface area (Å²) < 4.78 is 37.8. The maximum absolute atomic E-state index is 13.1. The molecule has 0 unspecified atom stereocenters. The minimum atomic E-state index is -4.83. The number of benzene rings is 1. The summed E-state index contributed by atoms with van der Waals surface area (Å²) in [7, 11) is -4.83. The van der Waals surface area contributed by atoms with Crippen LogP contribution in [-0.4, -0.2) is 101 Å². The number of aliphatic carboxylic acids is 1. The number of hydrogen-bond acceptors (Lipinski definition) is 13. The number of carboxylic acid groups (broad SMARTS) is 1. The maximum Gasteiger partial charge on any atom is 0.362 e. The van der Waals surface area contributed by atoms with Crippen molar-refractivity contribution < 1.29 is 42.0 Å². The fourth-order valence-corrected chi connectivity index (χ4v) is 6.13. The SMILES string of the molecule is Cc1sc(N)nc1/C(=N/O[C@@H](COc1ccc(C(=N)N[C@@H]2CCCNC2)cc1)C(=O)O)C(=O)N[C@@H]1C(=O)N(S(=O)(=O)O)[C@H]1C. The number of ether oxygens (including phenoxy) is 1. The van der Waals surface area contributed by atoms with Crippen LogP contribution in [0.2, 0.25) is 0 Å². The second-order valence-electron chi connectivity index (χ2n) is 10.0. The number of carbonyl (C=O) groups is 3. The average Bonchev–Trinajstić information content (AvgIpc) is 3.30. The second-order valence-corrected chi connectivity index (χ2v) is 12.6. The highest BCUT2D eigenvalue weighted by atomic mass is 32.2. The van der Waals surface area contributed by atoms with Crippen molar-refractivity contribution in [3.05, 3.63) is 40.4 Å². The number of piperidine rings is 1. The molecular formula is C25H32N8O9S2. The molecule has 0 radical (unpaired) electrons. The lowest BCUT2D eigenvalue weighted by atomic mass is 10.0. The number of nitrogen functional groups attached to an aromatic ring is 1. The van der Waals surface area contributed by atoms with Gasteiger partial charge in [-0.3, -0.25) is 19.6 Å². The number of hydrogen-bond donors (Lipinski definition) is 7. The number of β-lactam (4-membered cyclic amide) rings is 1. The van der Waals surface area contributed by atoms with Gasteiger partial charge in [-0.2, -0.15) is 8.42 Å². The molecule has 0 spiro atoms. The molecule has 2 amide bonds. The Morgan fingerprint density at radius 3 is 2.57 bits per heavy atom. The van der Waals surface area contributed by atoms with Crippen molar-refractivity contribution >= 4 is 56.1 Å². The van der Waals surface area contributed by atoms with Crippen molar-refractivity contribution in [3.8, 4) is 5.75 Å². The Morgan fingerprint density at radius 1 is 1.32 bits per heavy atom. The first-order valence-electron chi connectivity index (χ1n) is 13.4. The van der Waals surface area contributed by atoms with E-state index in [0.717, 1.165) is 37.3 Å². The third kappa shape index (κ3) is 7.59. The predicted molar refractivity (Wildman–Crippen MR) is 158 cm³/mol. The van der Waals surface area contributed by atoms with Gasteiger partial charge >= 0.3 is 16.3 Å². The van der Waals surface area contributed by atoms with Crippen molar-refractivity contribution in [1.82, 2.24) is 25.2 Å². The number of carboxylic acids is 1. The van der Waals surface area contributed by atoms with Gasteiger partial charge in [0, 0.05) is 23.0 Å². The quantitative estimate of drug-likeness (QED) is 0.0501. The van der Waals surface area contributed by atoms with Gasteiger partial charge in [0.15, 0.2) is 10.8 Å². The zero-order chi connectivity index (χ0) is 32.2. The highest BCUT2D eigenvalue weighted by Crippen LogP contribution is 2.24. The Morgan fingerprint density at radius 2 is 2.02 bits per heavy atom. The topological polar surface area (TPSA) is 259 Å². The molecule has 2 fully saturated rings. The fourth-order valence-electron chi connectivity index (χ4n) is 4.56. The monoisotopic (exact) mass is 652 g/mol. The number of thiazole rings is 1. The van der Waals surface area contributed by atoms with Gasteiger partial charge in [-0.1, -0.05) is 5.16 Å². The number of aromatic nitrogens is 1. The highest BCUT2D eigenvalue weighted by molar-refractivity contribution is 7.84. The summed E-state index contributed by atoms with van der Waals surface area (Å²) in [6.07, 6.45) is 0.290. The zero-order valence-corrected chi connectivity index (χ0v) is 25.3. The molecule has 44 heavy (non-hydrogen) atoms. The normalized spacial score (nSPS) is 21.2. The number of amidine groups is 1. The Hall–Kier alpha value is -4.33. The Kier molecular flexibility index (Phi) is 10.0. The number of oxime groups is 1. The summed E-state index contributed by atoms with van der Waals surface area (Å²) in [4.78, 5) is 47.0. The van der Waals surface area contributed by atoms with Crippen molar-refractivity contribution in [2.75, 3.05) is 25.4 Å². The van der Waals surface area contributed by atoms with Gasteiger partial charge in [-0.15, -0.1) is 11.3 Å². The van der Waals surface area contributed by atoms with E-state index < -0.39 is 58.6 Å². The number of aryl methyl sites for hydroxylation is 1. The van der Waals surface area contributed by atoms with E-state index in [1.807, 2.05) is 0 Å². The summed E-state index contributed by atoms with van der Waals surface area (Å²) in [5.74, 6) is -3.03. The van der Waals surface area contributed by atoms with Crippen LogP contribution in [0.15, 0.2) is 29.4 Å². The molecule has 17 nitrogen and oxygen atoms in total. The van der Waals surface area contributed by atoms with Crippen molar-refractivity contribution in [1.29, 1.82) is 5.41 Å². The Bertz CT molecular complexity index is 1560. The maximum atomic E-state index is 13.1. The van der Waals surface area contributed by atoms with Gasteiger partial charge in [0.05, 0.1) is 6.04 Å². The summed E-state index contributed by atoms with van der Waals surface area (Å²) in [6.45, 7) is 4.07. The van der Waals surface area contributed by atoms with E-state index in [9.17, 15) is 32.5 Å². The molecule has 4 rings (SSSR count). The Labute approximate surface area is 256 Å². The Balaban J connectivity index is 1.43. The lowest BCUT2D eigenvalue weighted by Crippen LogP contribution is -2.71. The van der Waals surface area contributed by atoms with Gasteiger partial charge < -0.3 is 36.4 Å². The molecule has 238 valence electrons. The third-order valence-corrected chi connectivity index (χ3v) is 8.67. The molecule has 1 aromatic carbocycles. The minimum absolute atomic E-state index is 0.0447. The van der Waals surface area contributed by atoms with Crippen LogP contribution < -0.4 is 26.4 Å². The molecule has 0 aliphatic carbocycles. The number of nitrogens with zero attached hydrogens (tertiary/aromatic N) is 3. The van der Waals surface area contributed by atoms with Gasteiger partial charge in [0.2, 0.25) is 0 Å². The van der Waals surface area contributed by atoms with E-state index in [1.165, 1.54) is 6.92 Å². The molecule has 1 aromatic heterocycles. The molecule has 2 aromatic rings. The van der Waals surface area contributed by atoms with Crippen LogP contribution in [0.1, 0.15) is 35.9 Å². The molecule has 2 aliphatic heterocycles. The van der Waals surface area contributed by atoms with Crippen LogP contribution in [0.3, 0.4) is 0 Å². The number of nitrogens with one attached hydrogen (secondary N) is 4. The average molecular weight is 653 g/mol. The van der Waals surface area contributed by atoms with E-state index in [4.69, 9.17) is 20.7 Å². The zero-order valence-electron chi connectivity index (χ0n) is 23.6. The van der Waals surface area contributed by atoms with E-state index in [-0.39, 0.29) is 27.0 Å². The number of anilines is 1. The van der Waals surface area contributed by atoms with E-state index in [1.54, 1.807) is 31.2 Å². The minimum Gasteiger partial charge on any atom is -0.489 e. The molecular weight excluding hydrogens is 620 g/mol. The van der Waals surface area contributed by atoms with Gasteiger partial charge in [0.25, 0.3) is 17.9 Å². The predicted octanol–water partition coefficient (Wildman–Crippen LogP) is -0.528. The summed E-state index contributed by atoms with van der Waals surface area (Å²) >= 11 is 1.02. The van der Waals surface area contributed by atoms with E-state index in [2.05, 4.69) is 26.1 Å².